The van der Waals surface area contributed by atoms with Crippen LogP contribution in [0.4, 0.5) is 0 Å². The third kappa shape index (κ3) is 1.79. The van der Waals surface area contributed by atoms with Crippen LogP contribution in [-0.2, 0) is 0 Å². The first-order valence-corrected chi connectivity index (χ1v) is 5.43. The first kappa shape index (κ1) is 10.7. The Morgan fingerprint density at radius 1 is 1.50 bits per heavy atom. The molecule has 0 bridgehead atoms. The monoisotopic (exact) mass is 236 g/mol. The van der Waals surface area contributed by atoms with E-state index in [4.69, 9.17) is 0 Å². The molecule has 0 aliphatic heterocycles. The minimum atomic E-state index is -0.900. The number of hydrogen-bond acceptors (Lipinski definition) is 5. The predicted octanol–water partition coefficient (Wildman–Crippen LogP) is 1.93. The molecular formula is C10H8N2O3S. The maximum atomic E-state index is 11.6. The van der Waals surface area contributed by atoms with E-state index in [0.717, 1.165) is 16.0 Å². The number of benzene rings is 1. The van der Waals surface area contributed by atoms with Crippen molar-refractivity contribution in [2.45, 2.75) is 13.0 Å². The Balaban J connectivity index is 2.50. The van der Waals surface area contributed by atoms with Gasteiger partial charge in [-0.3, -0.25) is 9.59 Å². The van der Waals surface area contributed by atoms with Gasteiger partial charge in [0.25, 0.3) is 0 Å². The van der Waals surface area contributed by atoms with Gasteiger partial charge in [-0.05, 0) is 25.1 Å². The number of Topliss-reactive ketones (excluding diaryl/α,β-unsaturated/α-hetero) is 1. The van der Waals surface area contributed by atoms with E-state index >= 15 is 0 Å². The summed E-state index contributed by atoms with van der Waals surface area (Å²) < 4.78 is 0.785. The summed E-state index contributed by atoms with van der Waals surface area (Å²) in [5.74, 6) is -0.344. The summed E-state index contributed by atoms with van der Waals surface area (Å²) in [4.78, 5) is 35.4. The maximum Gasteiger partial charge on any atom is 0.305 e. The zero-order valence-corrected chi connectivity index (χ0v) is 9.21. The molecule has 1 heterocycles. The highest BCUT2D eigenvalue weighted by atomic mass is 32.1. The number of carbonyl (C=O) groups is 1. The zero-order valence-electron chi connectivity index (χ0n) is 8.39. The fourth-order valence-corrected chi connectivity index (χ4v) is 2.11. The van der Waals surface area contributed by atoms with Crippen LogP contribution in [-0.4, -0.2) is 16.8 Å². The van der Waals surface area contributed by atoms with Crippen molar-refractivity contribution in [3.8, 4) is 0 Å². The summed E-state index contributed by atoms with van der Waals surface area (Å²) >= 11 is 1.08. The van der Waals surface area contributed by atoms with E-state index in [1.165, 1.54) is 6.92 Å². The predicted molar refractivity (Wildman–Crippen MR) is 62.0 cm³/mol. The van der Waals surface area contributed by atoms with Crippen LogP contribution in [0.15, 0.2) is 28.2 Å². The highest BCUT2D eigenvalue weighted by Crippen LogP contribution is 2.17. The topological polar surface area (TPSA) is 79.4 Å². The van der Waals surface area contributed by atoms with E-state index < -0.39 is 6.04 Å². The van der Waals surface area contributed by atoms with Crippen LogP contribution in [0.1, 0.15) is 17.3 Å². The van der Waals surface area contributed by atoms with Gasteiger partial charge in [0.05, 0.1) is 10.2 Å². The number of hydrogen-bond donors (Lipinski definition) is 1. The number of nitroso groups, excluding NO2 is 1. The summed E-state index contributed by atoms with van der Waals surface area (Å²) in [7, 11) is 0. The van der Waals surface area contributed by atoms with E-state index in [1.807, 2.05) is 0 Å². The number of aromatic nitrogens is 1. The third-order valence-corrected chi connectivity index (χ3v) is 3.10. The van der Waals surface area contributed by atoms with Gasteiger partial charge in [-0.1, -0.05) is 16.5 Å². The van der Waals surface area contributed by atoms with Crippen LogP contribution in [0.5, 0.6) is 0 Å². The summed E-state index contributed by atoms with van der Waals surface area (Å²) in [6, 6.07) is 3.94. The van der Waals surface area contributed by atoms with Crippen molar-refractivity contribution in [2.75, 3.05) is 0 Å². The van der Waals surface area contributed by atoms with Crippen molar-refractivity contribution in [3.05, 3.63) is 38.3 Å². The number of fused-ring (bicyclic) bond motifs is 1. The maximum absolute atomic E-state index is 11.6. The van der Waals surface area contributed by atoms with Gasteiger partial charge < -0.3 is 4.98 Å². The van der Waals surface area contributed by atoms with Crippen LogP contribution < -0.4 is 4.87 Å². The fraction of sp³-hybridized carbons (Fsp3) is 0.200. The van der Waals surface area contributed by atoms with E-state index in [1.54, 1.807) is 18.2 Å². The first-order chi connectivity index (χ1) is 7.61. The number of nitrogens with one attached hydrogen (secondary N) is 1. The lowest BCUT2D eigenvalue weighted by Gasteiger charge is -2.01. The second-order valence-electron chi connectivity index (χ2n) is 3.37. The number of rotatable bonds is 3. The molecule has 82 valence electrons. The number of ketones is 1. The van der Waals surface area contributed by atoms with Gasteiger partial charge in [-0.15, -0.1) is 0 Å². The third-order valence-electron chi connectivity index (χ3n) is 2.24. The minimum Gasteiger partial charge on any atom is -0.312 e. The Morgan fingerprint density at radius 2 is 2.25 bits per heavy atom. The average molecular weight is 236 g/mol. The van der Waals surface area contributed by atoms with E-state index in [2.05, 4.69) is 10.2 Å². The smallest absolute Gasteiger partial charge is 0.305 e. The van der Waals surface area contributed by atoms with Gasteiger partial charge in [0.1, 0.15) is 0 Å². The lowest BCUT2D eigenvalue weighted by Crippen LogP contribution is -2.13. The van der Waals surface area contributed by atoms with E-state index in [9.17, 15) is 14.5 Å². The quantitative estimate of drug-likeness (QED) is 0.653. The van der Waals surface area contributed by atoms with Gasteiger partial charge in [-0.25, -0.2) is 0 Å². The van der Waals surface area contributed by atoms with Gasteiger partial charge >= 0.3 is 4.87 Å². The van der Waals surface area contributed by atoms with Crippen molar-refractivity contribution in [1.82, 2.24) is 4.98 Å². The van der Waals surface area contributed by atoms with Crippen molar-refractivity contribution in [3.63, 3.8) is 0 Å². The van der Waals surface area contributed by atoms with E-state index in [-0.39, 0.29) is 10.7 Å². The van der Waals surface area contributed by atoms with Gasteiger partial charge in [0.15, 0.2) is 11.8 Å². The molecule has 1 atom stereocenters. The number of nitrogens with zero attached hydrogens (tertiary/aromatic N) is 1. The largest absolute Gasteiger partial charge is 0.312 e. The normalized spacial score (nSPS) is 12.6. The number of thiazole rings is 1. The molecule has 1 N–H and O–H groups in total. The van der Waals surface area contributed by atoms with Crippen LogP contribution in [0.25, 0.3) is 10.2 Å². The molecule has 0 aliphatic rings. The summed E-state index contributed by atoms with van der Waals surface area (Å²) in [5, 5.41) is 2.68. The first-order valence-electron chi connectivity index (χ1n) is 4.61. The lowest BCUT2D eigenvalue weighted by atomic mass is 10.1. The molecule has 0 saturated carbocycles. The number of H-pyrrole nitrogens is 1. The number of aromatic amines is 1. The van der Waals surface area contributed by atoms with E-state index in [0.29, 0.717) is 11.1 Å². The molecule has 1 aromatic heterocycles. The Hall–Kier alpha value is -1.82. The summed E-state index contributed by atoms with van der Waals surface area (Å²) in [6.07, 6.45) is 0. The molecule has 1 aromatic carbocycles. The molecule has 2 rings (SSSR count). The zero-order chi connectivity index (χ0) is 11.7. The van der Waals surface area contributed by atoms with Gasteiger partial charge in [-0.2, -0.15) is 4.91 Å². The second-order valence-corrected chi connectivity index (χ2v) is 4.39. The van der Waals surface area contributed by atoms with Crippen LogP contribution in [0.3, 0.4) is 0 Å². The Bertz CT molecular complexity index is 614. The Kier molecular flexibility index (Phi) is 2.66. The molecule has 0 spiro atoms. The summed E-state index contributed by atoms with van der Waals surface area (Å²) in [6.45, 7) is 1.44. The number of carbonyl (C=O) groups excluding carboxylic acids is 1. The highest BCUT2D eigenvalue weighted by molar-refractivity contribution is 7.16. The molecule has 6 heteroatoms. The van der Waals surface area contributed by atoms with Crippen molar-refractivity contribution < 1.29 is 4.79 Å². The van der Waals surface area contributed by atoms with Crippen molar-refractivity contribution in [1.29, 1.82) is 0 Å². The molecule has 0 aliphatic carbocycles. The molecule has 16 heavy (non-hydrogen) atoms. The molecule has 0 saturated heterocycles. The highest BCUT2D eigenvalue weighted by Gasteiger charge is 2.16. The lowest BCUT2D eigenvalue weighted by molar-refractivity contribution is 0.0968. The Morgan fingerprint density at radius 3 is 2.94 bits per heavy atom. The molecule has 0 radical (unpaired) electrons. The fourth-order valence-electron chi connectivity index (χ4n) is 1.39. The molecular weight excluding hydrogens is 228 g/mol. The molecule has 0 fully saturated rings. The second kappa shape index (κ2) is 3.97. The Labute approximate surface area is 94.1 Å². The van der Waals surface area contributed by atoms with Gasteiger partial charge in [0.2, 0.25) is 0 Å². The molecule has 0 amide bonds. The standard InChI is InChI=1S/C10H8N2O3S/c1-5(12-15)9(13)6-2-3-8-7(4-6)11-10(14)16-8/h2-5H,1H3,(H,11,14). The molecule has 2 aromatic rings. The van der Waals surface area contributed by atoms with Crippen molar-refractivity contribution >= 4 is 27.3 Å². The minimum absolute atomic E-state index is 0.166. The van der Waals surface area contributed by atoms with Crippen LogP contribution in [0.2, 0.25) is 0 Å². The SMILES string of the molecule is CC(N=O)C(=O)c1ccc2sc(=O)[nH]c2c1. The van der Waals surface area contributed by atoms with Gasteiger partial charge in [0, 0.05) is 5.56 Å². The molecule has 1 unspecified atom stereocenters. The molecule has 5 nitrogen and oxygen atoms in total. The van der Waals surface area contributed by atoms with Crippen LogP contribution >= 0.6 is 11.3 Å². The van der Waals surface area contributed by atoms with Crippen LogP contribution in [0, 0.1) is 4.91 Å². The van der Waals surface area contributed by atoms with Crippen molar-refractivity contribution in [2.24, 2.45) is 5.18 Å². The summed E-state index contributed by atoms with van der Waals surface area (Å²) in [5.41, 5.74) is 0.993. The average Bonchev–Trinajstić information content (AvgIpc) is 2.65.